The molecule has 3 heterocycles. The quantitative estimate of drug-likeness (QED) is 0.189. The lowest BCUT2D eigenvalue weighted by molar-refractivity contribution is 0.963. The molecule has 11 rings (SSSR count). The Morgan fingerprint density at radius 2 is 1.37 bits per heavy atom. The van der Waals surface area contributed by atoms with E-state index in [0.717, 1.165) is 59.7 Å². The molecule has 3 aromatic heterocycles. The van der Waals surface area contributed by atoms with E-state index in [4.69, 9.17) is 9.97 Å². The number of para-hydroxylation sites is 1. The molecular weight excluding hydrogens is 621 g/mol. The van der Waals surface area contributed by atoms with Crippen molar-refractivity contribution >= 4 is 71.7 Å². The first-order valence-corrected chi connectivity index (χ1v) is 18.1. The topological polar surface area (TPSA) is 35.6 Å². The summed E-state index contributed by atoms with van der Waals surface area (Å²) >= 11 is 0. The van der Waals surface area contributed by atoms with Gasteiger partial charge in [-0.25, -0.2) is 9.97 Å². The highest BCUT2D eigenvalue weighted by atomic mass is 15.2. The van der Waals surface area contributed by atoms with E-state index in [-0.39, 0.29) is 0 Å². The van der Waals surface area contributed by atoms with Crippen LogP contribution in [0.1, 0.15) is 42.6 Å². The molecule has 3 aliphatic rings. The Morgan fingerprint density at radius 3 is 2.22 bits per heavy atom. The maximum atomic E-state index is 5.33. The molecule has 4 heteroatoms. The van der Waals surface area contributed by atoms with Crippen LogP contribution in [0.5, 0.6) is 0 Å². The van der Waals surface area contributed by atoms with E-state index in [0.29, 0.717) is 5.95 Å². The Labute approximate surface area is 295 Å². The van der Waals surface area contributed by atoms with Gasteiger partial charge in [-0.1, -0.05) is 97.1 Å². The van der Waals surface area contributed by atoms with Crippen molar-refractivity contribution in [2.24, 2.45) is 0 Å². The number of rotatable bonds is 4. The number of aromatic nitrogens is 4. The second-order valence-electron chi connectivity index (χ2n) is 13.9. The molecule has 8 aromatic rings. The van der Waals surface area contributed by atoms with Gasteiger partial charge in [-0.3, -0.25) is 4.57 Å². The number of allylic oxidation sites excluding steroid dienone is 9. The highest BCUT2D eigenvalue weighted by Gasteiger charge is 2.22. The lowest BCUT2D eigenvalue weighted by Crippen LogP contribution is -2.04. The molecule has 0 bridgehead atoms. The Balaban J connectivity index is 1.16. The molecule has 0 saturated carbocycles. The van der Waals surface area contributed by atoms with E-state index in [1.54, 1.807) is 0 Å². The van der Waals surface area contributed by atoms with Crippen molar-refractivity contribution in [2.45, 2.75) is 32.1 Å². The van der Waals surface area contributed by atoms with Gasteiger partial charge in [-0.2, -0.15) is 0 Å². The number of aryl methyl sites for hydroxylation is 1. The van der Waals surface area contributed by atoms with Gasteiger partial charge in [0.2, 0.25) is 5.95 Å². The monoisotopic (exact) mass is 654 g/mol. The molecule has 0 atom stereocenters. The SMILES string of the molecule is C1=CCC(c2nc(-n3c4ccc(-c5ccc6c(c5)c5c(n6C6=CCCC=C6)C=CCC5)cc4c4c5ccccc5ccc43)nc3ccccc23)=C1. The van der Waals surface area contributed by atoms with Crippen LogP contribution in [-0.2, 0) is 6.42 Å². The number of hydrogen-bond acceptors (Lipinski definition) is 2. The van der Waals surface area contributed by atoms with Gasteiger partial charge >= 0.3 is 0 Å². The van der Waals surface area contributed by atoms with Crippen LogP contribution in [0, 0.1) is 0 Å². The molecule has 51 heavy (non-hydrogen) atoms. The summed E-state index contributed by atoms with van der Waals surface area (Å²) in [5, 5.41) is 7.34. The first kappa shape index (κ1) is 28.6. The number of hydrogen-bond donors (Lipinski definition) is 0. The standard InChI is InChI=1S/C47H34N4/c1-2-15-34(16-3-1)50-41-21-11-9-18-36(41)38-28-32(23-25-42(38)50)33-24-26-43-39(29-33)45-35-17-7-6-12-30(35)22-27-44(45)51(43)47-48-40-20-10-8-19-37(40)46(49-47)31-13-4-5-14-31/h2,4-8,10-13,15-17,19-29H,1,3,9,14,18H2. The van der Waals surface area contributed by atoms with Crippen molar-refractivity contribution < 1.29 is 0 Å². The van der Waals surface area contributed by atoms with Crippen LogP contribution in [0.3, 0.4) is 0 Å². The van der Waals surface area contributed by atoms with Crippen LogP contribution >= 0.6 is 0 Å². The van der Waals surface area contributed by atoms with Crippen LogP contribution in [-0.4, -0.2) is 19.1 Å². The number of fused-ring (bicyclic) bond motifs is 9. The maximum absolute atomic E-state index is 5.33. The van der Waals surface area contributed by atoms with E-state index >= 15 is 0 Å². The van der Waals surface area contributed by atoms with E-state index in [2.05, 4.69) is 155 Å². The van der Waals surface area contributed by atoms with Crippen molar-refractivity contribution in [3.8, 4) is 17.1 Å². The van der Waals surface area contributed by atoms with Crippen LogP contribution in [0.2, 0.25) is 0 Å². The summed E-state index contributed by atoms with van der Waals surface area (Å²) in [7, 11) is 0. The molecule has 0 N–H and O–H groups in total. The number of nitrogens with zero attached hydrogens (tertiary/aromatic N) is 4. The molecule has 5 aromatic carbocycles. The van der Waals surface area contributed by atoms with Gasteiger partial charge < -0.3 is 4.57 Å². The summed E-state index contributed by atoms with van der Waals surface area (Å²) in [5.41, 5.74) is 13.2. The Bertz CT molecular complexity index is 2940. The maximum Gasteiger partial charge on any atom is 0.235 e. The second-order valence-corrected chi connectivity index (χ2v) is 13.9. The molecule has 0 saturated heterocycles. The van der Waals surface area contributed by atoms with Gasteiger partial charge in [0.1, 0.15) is 0 Å². The first-order chi connectivity index (χ1) is 25.3. The molecule has 0 radical (unpaired) electrons. The van der Waals surface area contributed by atoms with Crippen LogP contribution < -0.4 is 0 Å². The van der Waals surface area contributed by atoms with Crippen LogP contribution in [0.15, 0.2) is 140 Å². The molecule has 3 aliphatic carbocycles. The lowest BCUT2D eigenvalue weighted by atomic mass is 9.96. The number of benzene rings is 5. The van der Waals surface area contributed by atoms with E-state index in [1.165, 1.54) is 66.1 Å². The summed E-state index contributed by atoms with van der Waals surface area (Å²) in [6.45, 7) is 0. The zero-order valence-corrected chi connectivity index (χ0v) is 28.2. The van der Waals surface area contributed by atoms with Gasteiger partial charge in [-0.05, 0) is 114 Å². The highest BCUT2D eigenvalue weighted by Crippen LogP contribution is 2.41. The largest absolute Gasteiger partial charge is 0.310 e. The molecular formula is C47H34N4. The van der Waals surface area contributed by atoms with Gasteiger partial charge in [0, 0.05) is 32.9 Å². The summed E-state index contributed by atoms with van der Waals surface area (Å²) in [6.07, 6.45) is 23.4. The lowest BCUT2D eigenvalue weighted by Gasteiger charge is -2.15. The van der Waals surface area contributed by atoms with Crippen molar-refractivity contribution in [3.05, 3.63) is 157 Å². The molecule has 0 aliphatic heterocycles. The third kappa shape index (κ3) is 4.32. The van der Waals surface area contributed by atoms with Crippen molar-refractivity contribution in [1.29, 1.82) is 0 Å². The van der Waals surface area contributed by atoms with Gasteiger partial charge in [0.05, 0.1) is 27.8 Å². The Morgan fingerprint density at radius 1 is 0.588 bits per heavy atom. The smallest absolute Gasteiger partial charge is 0.235 e. The Hall–Kier alpha value is -6.26. The third-order valence-corrected chi connectivity index (χ3v) is 11.0. The normalized spacial score (nSPS) is 15.5. The average Bonchev–Trinajstić information content (AvgIpc) is 3.93. The predicted octanol–water partition coefficient (Wildman–Crippen LogP) is 12.0. The van der Waals surface area contributed by atoms with E-state index in [1.807, 2.05) is 0 Å². The minimum Gasteiger partial charge on any atom is -0.310 e. The first-order valence-electron chi connectivity index (χ1n) is 18.1. The molecule has 4 nitrogen and oxygen atoms in total. The van der Waals surface area contributed by atoms with Gasteiger partial charge in [0.25, 0.3) is 0 Å². The fourth-order valence-corrected chi connectivity index (χ4v) is 8.68. The van der Waals surface area contributed by atoms with Gasteiger partial charge in [0.15, 0.2) is 0 Å². The van der Waals surface area contributed by atoms with Crippen molar-refractivity contribution in [3.63, 3.8) is 0 Å². The van der Waals surface area contributed by atoms with Crippen LogP contribution in [0.4, 0.5) is 0 Å². The molecule has 0 unspecified atom stereocenters. The minimum absolute atomic E-state index is 0.702. The molecule has 0 fully saturated rings. The fraction of sp³-hybridized carbons (Fsp3) is 0.106. The van der Waals surface area contributed by atoms with E-state index in [9.17, 15) is 0 Å². The summed E-state index contributed by atoms with van der Waals surface area (Å²) < 4.78 is 4.75. The van der Waals surface area contributed by atoms with Crippen molar-refractivity contribution in [1.82, 2.24) is 19.1 Å². The fourth-order valence-electron chi connectivity index (χ4n) is 8.68. The second kappa shape index (κ2) is 11.1. The minimum atomic E-state index is 0.702. The molecule has 0 amide bonds. The molecule has 0 spiro atoms. The van der Waals surface area contributed by atoms with Crippen LogP contribution in [0.25, 0.3) is 88.8 Å². The Kier molecular flexibility index (Phi) is 6.23. The third-order valence-electron chi connectivity index (χ3n) is 11.0. The average molecular weight is 655 g/mol. The summed E-state index contributed by atoms with van der Waals surface area (Å²) in [6, 6.07) is 35.6. The molecule has 242 valence electrons. The van der Waals surface area contributed by atoms with E-state index < -0.39 is 0 Å². The zero-order valence-electron chi connectivity index (χ0n) is 28.2. The van der Waals surface area contributed by atoms with Crippen molar-refractivity contribution in [2.75, 3.05) is 0 Å². The summed E-state index contributed by atoms with van der Waals surface area (Å²) in [5.74, 6) is 0.702. The summed E-state index contributed by atoms with van der Waals surface area (Å²) in [4.78, 5) is 10.5. The van der Waals surface area contributed by atoms with Gasteiger partial charge in [-0.15, -0.1) is 0 Å². The highest BCUT2D eigenvalue weighted by molar-refractivity contribution is 6.22. The zero-order chi connectivity index (χ0) is 33.5. The predicted molar refractivity (Wildman–Crippen MR) is 214 cm³/mol.